The molecule has 0 aliphatic rings. The molecule has 0 amide bonds. The number of aliphatic hydroxyl groups is 1. The van der Waals surface area contributed by atoms with Crippen LogP contribution >= 0.6 is 0 Å². The van der Waals surface area contributed by atoms with Gasteiger partial charge in [-0.15, -0.1) is 0 Å². The monoisotopic (exact) mass is 280 g/mol. The molecule has 0 radical (unpaired) electrons. The predicted molar refractivity (Wildman–Crippen MR) is 85.0 cm³/mol. The van der Waals surface area contributed by atoms with Crippen LogP contribution in [0, 0.1) is 0 Å². The lowest BCUT2D eigenvalue weighted by Gasteiger charge is -2.05. The van der Waals surface area contributed by atoms with Crippen LogP contribution in [0.5, 0.6) is 0 Å². The molecule has 0 bridgehead atoms. The maximum absolute atomic E-state index is 9.43. The lowest BCUT2D eigenvalue weighted by atomic mass is 10.1. The summed E-state index contributed by atoms with van der Waals surface area (Å²) in [4.78, 5) is 4.44. The van der Waals surface area contributed by atoms with Crippen LogP contribution < -0.4 is 0 Å². The van der Waals surface area contributed by atoms with E-state index in [0.29, 0.717) is 0 Å². The smallest absolute Gasteiger partial charge is 0.140 e. The Hall–Kier alpha value is -2.13. The molecule has 2 heterocycles. The van der Waals surface area contributed by atoms with Gasteiger partial charge in [0.1, 0.15) is 5.65 Å². The van der Waals surface area contributed by atoms with Crippen LogP contribution in [-0.4, -0.2) is 14.7 Å². The quantitative estimate of drug-likeness (QED) is 0.701. The molecule has 3 heteroatoms. The molecule has 3 aromatic rings. The molecule has 0 atom stereocenters. The summed E-state index contributed by atoms with van der Waals surface area (Å²) in [5.74, 6) is 0. The number of rotatable bonds is 6. The summed E-state index contributed by atoms with van der Waals surface area (Å²) in [5, 5.41) is 10.5. The summed E-state index contributed by atoms with van der Waals surface area (Å²) in [6.07, 6.45) is 7.22. The number of aryl methyl sites for hydroxylation is 2. The van der Waals surface area contributed by atoms with Crippen molar-refractivity contribution in [3.8, 4) is 0 Å². The molecular formula is C18H20N2O. The zero-order chi connectivity index (χ0) is 14.5. The molecule has 0 fully saturated rings. The van der Waals surface area contributed by atoms with Crippen molar-refractivity contribution in [2.24, 2.45) is 0 Å². The molecule has 2 aromatic heterocycles. The van der Waals surface area contributed by atoms with Crippen molar-refractivity contribution in [2.75, 3.05) is 0 Å². The normalized spacial score (nSPS) is 11.1. The highest BCUT2D eigenvalue weighted by molar-refractivity contribution is 5.80. The first kappa shape index (κ1) is 13.8. The number of benzene rings is 1. The molecule has 3 nitrogen and oxygen atoms in total. The SMILES string of the molecule is OCc1cn(CCCCc2ccccc2)c2ncccc12. The Morgan fingerprint density at radius 3 is 2.67 bits per heavy atom. The van der Waals surface area contributed by atoms with E-state index in [1.54, 1.807) is 0 Å². The third kappa shape index (κ3) is 3.14. The van der Waals surface area contributed by atoms with Gasteiger partial charge in [0.2, 0.25) is 0 Å². The highest BCUT2D eigenvalue weighted by Gasteiger charge is 2.07. The van der Waals surface area contributed by atoms with Gasteiger partial charge in [0, 0.05) is 29.9 Å². The predicted octanol–water partition coefficient (Wildman–Crippen LogP) is 3.55. The Bertz CT molecular complexity index is 704. The van der Waals surface area contributed by atoms with Gasteiger partial charge < -0.3 is 9.67 Å². The number of pyridine rings is 1. The van der Waals surface area contributed by atoms with Gasteiger partial charge in [0.25, 0.3) is 0 Å². The molecule has 21 heavy (non-hydrogen) atoms. The maximum Gasteiger partial charge on any atom is 0.140 e. The van der Waals surface area contributed by atoms with Crippen LogP contribution in [0.25, 0.3) is 11.0 Å². The lowest BCUT2D eigenvalue weighted by Crippen LogP contribution is -1.98. The molecule has 3 rings (SSSR count). The van der Waals surface area contributed by atoms with Crippen molar-refractivity contribution in [3.05, 3.63) is 66.0 Å². The van der Waals surface area contributed by atoms with E-state index < -0.39 is 0 Å². The van der Waals surface area contributed by atoms with Crippen molar-refractivity contribution in [1.82, 2.24) is 9.55 Å². The molecule has 0 saturated carbocycles. The summed E-state index contributed by atoms with van der Waals surface area (Å²) in [6.45, 7) is 1.01. The van der Waals surface area contributed by atoms with E-state index in [0.717, 1.165) is 42.4 Å². The van der Waals surface area contributed by atoms with Gasteiger partial charge in [-0.1, -0.05) is 30.3 Å². The van der Waals surface area contributed by atoms with Crippen LogP contribution in [0.15, 0.2) is 54.9 Å². The number of aromatic nitrogens is 2. The van der Waals surface area contributed by atoms with Crippen LogP contribution in [0.3, 0.4) is 0 Å². The molecule has 0 saturated heterocycles. The Labute approximate surface area is 124 Å². The van der Waals surface area contributed by atoms with Gasteiger partial charge in [-0.05, 0) is 37.0 Å². The first-order valence-corrected chi connectivity index (χ1v) is 7.46. The van der Waals surface area contributed by atoms with E-state index in [4.69, 9.17) is 0 Å². The minimum absolute atomic E-state index is 0.0687. The molecule has 0 unspecified atom stereocenters. The van der Waals surface area contributed by atoms with E-state index in [2.05, 4.69) is 39.9 Å². The number of nitrogens with zero attached hydrogens (tertiary/aromatic N) is 2. The Balaban J connectivity index is 1.63. The standard InChI is InChI=1S/C18H20N2O/c21-14-16-13-20(18-17(16)10-6-11-19-18)12-5-4-9-15-7-2-1-3-8-15/h1-3,6-8,10-11,13,21H,4-5,9,12,14H2. The second kappa shape index (κ2) is 6.55. The van der Waals surface area contributed by atoms with Crippen LogP contribution in [0.1, 0.15) is 24.0 Å². The van der Waals surface area contributed by atoms with E-state index in [-0.39, 0.29) is 6.61 Å². The fourth-order valence-corrected chi connectivity index (χ4v) is 2.75. The Morgan fingerprint density at radius 2 is 1.86 bits per heavy atom. The van der Waals surface area contributed by atoms with E-state index >= 15 is 0 Å². The first-order valence-electron chi connectivity index (χ1n) is 7.46. The van der Waals surface area contributed by atoms with Gasteiger partial charge in [0.05, 0.1) is 6.61 Å². The first-order chi connectivity index (χ1) is 10.4. The van der Waals surface area contributed by atoms with Crippen molar-refractivity contribution in [1.29, 1.82) is 0 Å². The maximum atomic E-state index is 9.43. The number of fused-ring (bicyclic) bond motifs is 1. The fraction of sp³-hybridized carbons (Fsp3) is 0.278. The zero-order valence-corrected chi connectivity index (χ0v) is 12.1. The van der Waals surface area contributed by atoms with Gasteiger partial charge >= 0.3 is 0 Å². The van der Waals surface area contributed by atoms with Crippen molar-refractivity contribution < 1.29 is 5.11 Å². The van der Waals surface area contributed by atoms with Crippen molar-refractivity contribution in [3.63, 3.8) is 0 Å². The van der Waals surface area contributed by atoms with E-state index in [1.165, 1.54) is 5.56 Å². The van der Waals surface area contributed by atoms with Crippen LogP contribution in [-0.2, 0) is 19.6 Å². The van der Waals surface area contributed by atoms with Gasteiger partial charge in [-0.25, -0.2) is 4.98 Å². The minimum atomic E-state index is 0.0687. The largest absolute Gasteiger partial charge is 0.392 e. The van der Waals surface area contributed by atoms with Gasteiger partial charge in [-0.3, -0.25) is 0 Å². The van der Waals surface area contributed by atoms with E-state index in [1.807, 2.05) is 24.5 Å². The Kier molecular flexibility index (Phi) is 4.31. The third-order valence-electron chi connectivity index (χ3n) is 3.84. The second-order valence-electron chi connectivity index (χ2n) is 5.32. The van der Waals surface area contributed by atoms with Gasteiger partial charge in [-0.2, -0.15) is 0 Å². The highest BCUT2D eigenvalue weighted by atomic mass is 16.3. The lowest BCUT2D eigenvalue weighted by molar-refractivity contribution is 0.283. The highest BCUT2D eigenvalue weighted by Crippen LogP contribution is 2.20. The minimum Gasteiger partial charge on any atom is -0.392 e. The summed E-state index contributed by atoms with van der Waals surface area (Å²) in [5.41, 5.74) is 3.33. The topological polar surface area (TPSA) is 38.0 Å². The number of hydrogen-bond acceptors (Lipinski definition) is 2. The van der Waals surface area contributed by atoms with Crippen LogP contribution in [0.2, 0.25) is 0 Å². The van der Waals surface area contributed by atoms with Crippen molar-refractivity contribution >= 4 is 11.0 Å². The molecule has 0 aliphatic carbocycles. The fourth-order valence-electron chi connectivity index (χ4n) is 2.75. The van der Waals surface area contributed by atoms with E-state index in [9.17, 15) is 5.11 Å². The molecule has 0 spiro atoms. The summed E-state index contributed by atoms with van der Waals surface area (Å²) in [7, 11) is 0. The molecule has 1 aromatic carbocycles. The average molecular weight is 280 g/mol. The van der Waals surface area contributed by atoms with Gasteiger partial charge in [0.15, 0.2) is 0 Å². The number of hydrogen-bond donors (Lipinski definition) is 1. The van der Waals surface area contributed by atoms with Crippen LogP contribution in [0.4, 0.5) is 0 Å². The summed E-state index contributed by atoms with van der Waals surface area (Å²) in [6, 6.07) is 14.5. The average Bonchev–Trinajstić information content (AvgIpc) is 2.91. The molecule has 108 valence electrons. The van der Waals surface area contributed by atoms with Crippen molar-refractivity contribution in [2.45, 2.75) is 32.4 Å². The third-order valence-corrected chi connectivity index (χ3v) is 3.84. The summed E-state index contributed by atoms with van der Waals surface area (Å²) >= 11 is 0. The molecule has 1 N–H and O–H groups in total. The molecular weight excluding hydrogens is 260 g/mol. The summed E-state index contributed by atoms with van der Waals surface area (Å²) < 4.78 is 2.16. The number of unbranched alkanes of at least 4 members (excludes halogenated alkanes) is 1. The molecule has 0 aliphatic heterocycles. The number of aliphatic hydroxyl groups excluding tert-OH is 1. The zero-order valence-electron chi connectivity index (χ0n) is 12.1. The Morgan fingerprint density at radius 1 is 1.00 bits per heavy atom. The second-order valence-corrected chi connectivity index (χ2v) is 5.32.